The smallest absolute Gasteiger partial charge is 0.326 e. The Balaban J connectivity index is 4.08. The second-order valence-electron chi connectivity index (χ2n) is 2.32. The van der Waals surface area contributed by atoms with E-state index in [2.05, 4.69) is 5.32 Å². The van der Waals surface area contributed by atoms with Crippen LogP contribution in [0.5, 0.6) is 0 Å². The van der Waals surface area contributed by atoms with Crippen molar-refractivity contribution in [1.29, 1.82) is 0 Å². The first-order chi connectivity index (χ1) is 4.56. The van der Waals surface area contributed by atoms with Crippen LogP contribution < -0.4 is 5.32 Å². The van der Waals surface area contributed by atoms with Crippen molar-refractivity contribution in [2.45, 2.75) is 12.5 Å². The molecule has 0 amide bonds. The number of carboxylic acid groups (broad SMARTS) is 1. The van der Waals surface area contributed by atoms with Crippen LogP contribution in [0.4, 0.5) is 0 Å². The highest BCUT2D eigenvalue weighted by atomic mass is 16.5. The maximum absolute atomic E-state index is 10.5. The summed E-state index contributed by atoms with van der Waals surface area (Å²) in [5, 5.41) is 11.3. The molecule has 10 heavy (non-hydrogen) atoms. The van der Waals surface area contributed by atoms with Gasteiger partial charge >= 0.3 is 5.97 Å². The third-order valence-corrected chi connectivity index (χ3v) is 1.46. The summed E-state index contributed by atoms with van der Waals surface area (Å²) in [5.74, 6) is -0.906. The number of hydrogen-bond donors (Lipinski definition) is 2. The van der Waals surface area contributed by atoms with Crippen LogP contribution in [0.2, 0.25) is 0 Å². The van der Waals surface area contributed by atoms with Gasteiger partial charge in [0.1, 0.15) is 5.54 Å². The Bertz CT molecular complexity index is 126. The number of carbonyl (C=O) groups is 1. The summed E-state index contributed by atoms with van der Waals surface area (Å²) in [4.78, 5) is 10.5. The second-order valence-corrected chi connectivity index (χ2v) is 2.32. The van der Waals surface area contributed by atoms with Gasteiger partial charge < -0.3 is 15.2 Å². The summed E-state index contributed by atoms with van der Waals surface area (Å²) >= 11 is 0. The summed E-state index contributed by atoms with van der Waals surface area (Å²) < 4.78 is 4.72. The number of hydrogen-bond acceptors (Lipinski definition) is 3. The van der Waals surface area contributed by atoms with E-state index in [1.165, 1.54) is 7.11 Å². The first-order valence-electron chi connectivity index (χ1n) is 2.98. The van der Waals surface area contributed by atoms with E-state index < -0.39 is 11.5 Å². The Morgan fingerprint density at radius 3 is 2.40 bits per heavy atom. The highest BCUT2D eigenvalue weighted by Crippen LogP contribution is 2.02. The van der Waals surface area contributed by atoms with Gasteiger partial charge in [0.05, 0.1) is 6.61 Å². The minimum absolute atomic E-state index is 0.166. The summed E-state index contributed by atoms with van der Waals surface area (Å²) in [7, 11) is 3.06. The van der Waals surface area contributed by atoms with E-state index in [4.69, 9.17) is 9.84 Å². The van der Waals surface area contributed by atoms with Gasteiger partial charge in [-0.1, -0.05) is 0 Å². The molecule has 0 aliphatic rings. The molecule has 0 heterocycles. The predicted molar refractivity (Wildman–Crippen MR) is 37.0 cm³/mol. The van der Waals surface area contributed by atoms with E-state index in [1.807, 2.05) is 0 Å². The molecule has 2 N–H and O–H groups in total. The molecule has 4 heteroatoms. The monoisotopic (exact) mass is 147 g/mol. The quantitative estimate of drug-likeness (QED) is 0.573. The summed E-state index contributed by atoms with van der Waals surface area (Å²) in [6, 6.07) is 0. The van der Waals surface area contributed by atoms with E-state index in [0.717, 1.165) is 0 Å². The van der Waals surface area contributed by atoms with Crippen LogP contribution in [-0.2, 0) is 9.53 Å². The molecule has 0 radical (unpaired) electrons. The molecule has 0 rings (SSSR count). The Labute approximate surface area is 60.2 Å². The number of nitrogens with one attached hydrogen (secondary N) is 1. The Kier molecular flexibility index (Phi) is 3.32. The van der Waals surface area contributed by atoms with Gasteiger partial charge in [0.25, 0.3) is 0 Å². The zero-order valence-corrected chi connectivity index (χ0v) is 6.47. The molecule has 0 bridgehead atoms. The van der Waals surface area contributed by atoms with E-state index in [9.17, 15) is 4.79 Å². The fraction of sp³-hybridized carbons (Fsp3) is 0.833. The van der Waals surface area contributed by atoms with Gasteiger partial charge in [0.15, 0.2) is 0 Å². The Morgan fingerprint density at radius 2 is 2.30 bits per heavy atom. The van der Waals surface area contributed by atoms with Crippen LogP contribution in [-0.4, -0.2) is 37.4 Å². The SMILES string of the molecule is CN[C@@](C)(COC)C(=O)O. The molecule has 0 aromatic rings. The van der Waals surface area contributed by atoms with Crippen molar-refractivity contribution < 1.29 is 14.6 Å². The van der Waals surface area contributed by atoms with Crippen LogP contribution in [0.1, 0.15) is 6.92 Å². The largest absolute Gasteiger partial charge is 0.480 e. The van der Waals surface area contributed by atoms with Gasteiger partial charge in [-0.15, -0.1) is 0 Å². The Morgan fingerprint density at radius 1 is 1.80 bits per heavy atom. The van der Waals surface area contributed by atoms with Crippen molar-refractivity contribution in [2.75, 3.05) is 20.8 Å². The zero-order valence-electron chi connectivity index (χ0n) is 6.47. The van der Waals surface area contributed by atoms with Gasteiger partial charge in [-0.2, -0.15) is 0 Å². The van der Waals surface area contributed by atoms with E-state index in [0.29, 0.717) is 0 Å². The molecule has 1 atom stereocenters. The number of methoxy groups -OCH3 is 1. The summed E-state index contributed by atoms with van der Waals surface area (Å²) in [5.41, 5.74) is -0.964. The van der Waals surface area contributed by atoms with Crippen molar-refractivity contribution in [2.24, 2.45) is 0 Å². The van der Waals surface area contributed by atoms with Crippen molar-refractivity contribution in [1.82, 2.24) is 5.32 Å². The van der Waals surface area contributed by atoms with Crippen LogP contribution in [0.3, 0.4) is 0 Å². The minimum atomic E-state index is -0.964. The minimum Gasteiger partial charge on any atom is -0.480 e. The number of likely N-dealkylation sites (N-methyl/N-ethyl adjacent to an activating group) is 1. The molecule has 0 spiro atoms. The normalized spacial score (nSPS) is 16.3. The molecule has 0 fully saturated rings. The first-order valence-corrected chi connectivity index (χ1v) is 2.98. The molecule has 0 saturated carbocycles. The van der Waals surface area contributed by atoms with Gasteiger partial charge in [0.2, 0.25) is 0 Å². The van der Waals surface area contributed by atoms with E-state index in [-0.39, 0.29) is 6.61 Å². The average molecular weight is 147 g/mol. The van der Waals surface area contributed by atoms with E-state index >= 15 is 0 Å². The Hall–Kier alpha value is -0.610. The standard InChI is InChI=1S/C6H13NO3/c1-6(7-2,4-10-3)5(8)9/h7H,4H2,1-3H3,(H,8,9)/t6-/m0/s1. The molecule has 0 saturated heterocycles. The summed E-state index contributed by atoms with van der Waals surface area (Å²) in [6.45, 7) is 1.73. The molecule has 0 aliphatic carbocycles. The number of rotatable bonds is 4. The third-order valence-electron chi connectivity index (χ3n) is 1.46. The van der Waals surface area contributed by atoms with Crippen molar-refractivity contribution >= 4 is 5.97 Å². The van der Waals surface area contributed by atoms with Crippen LogP contribution in [0, 0.1) is 0 Å². The molecular formula is C6H13NO3. The van der Waals surface area contributed by atoms with Crippen molar-refractivity contribution in [3.05, 3.63) is 0 Å². The van der Waals surface area contributed by atoms with Crippen molar-refractivity contribution in [3.63, 3.8) is 0 Å². The number of aliphatic carboxylic acids is 1. The van der Waals surface area contributed by atoms with Crippen molar-refractivity contribution in [3.8, 4) is 0 Å². The van der Waals surface area contributed by atoms with Crippen LogP contribution >= 0.6 is 0 Å². The molecule has 0 aromatic heterocycles. The van der Waals surface area contributed by atoms with Crippen LogP contribution in [0.15, 0.2) is 0 Å². The molecule has 60 valence electrons. The average Bonchev–Trinajstić information content (AvgIpc) is 1.88. The van der Waals surface area contributed by atoms with Gasteiger partial charge in [0, 0.05) is 7.11 Å². The lowest BCUT2D eigenvalue weighted by Gasteiger charge is -2.22. The predicted octanol–water partition coefficient (Wildman–Crippen LogP) is -0.305. The lowest BCUT2D eigenvalue weighted by molar-refractivity contribution is -0.146. The first kappa shape index (κ1) is 9.39. The molecule has 0 aromatic carbocycles. The highest BCUT2D eigenvalue weighted by Gasteiger charge is 2.30. The lowest BCUT2D eigenvalue weighted by atomic mass is 10.1. The molecule has 4 nitrogen and oxygen atoms in total. The molecular weight excluding hydrogens is 134 g/mol. The van der Waals surface area contributed by atoms with Crippen LogP contribution in [0.25, 0.3) is 0 Å². The second kappa shape index (κ2) is 3.53. The lowest BCUT2D eigenvalue weighted by Crippen LogP contribution is -2.51. The summed E-state index contributed by atoms with van der Waals surface area (Å²) in [6.07, 6.45) is 0. The molecule has 0 unspecified atom stereocenters. The number of carboxylic acids is 1. The maximum Gasteiger partial charge on any atom is 0.326 e. The highest BCUT2D eigenvalue weighted by molar-refractivity contribution is 5.78. The van der Waals surface area contributed by atoms with Gasteiger partial charge in [-0.3, -0.25) is 4.79 Å². The topological polar surface area (TPSA) is 58.6 Å². The molecule has 0 aliphatic heterocycles. The fourth-order valence-corrected chi connectivity index (χ4v) is 0.530. The van der Waals surface area contributed by atoms with Gasteiger partial charge in [-0.05, 0) is 14.0 Å². The number of ether oxygens (including phenoxy) is 1. The maximum atomic E-state index is 10.5. The third kappa shape index (κ3) is 1.97. The van der Waals surface area contributed by atoms with E-state index in [1.54, 1.807) is 14.0 Å². The fourth-order valence-electron chi connectivity index (χ4n) is 0.530. The van der Waals surface area contributed by atoms with Gasteiger partial charge in [-0.25, -0.2) is 0 Å². The zero-order chi connectivity index (χ0) is 8.20.